The zero-order valence-electron chi connectivity index (χ0n) is 9.88. The Morgan fingerprint density at radius 3 is 2.58 bits per heavy atom. The van der Waals surface area contributed by atoms with Gasteiger partial charge in [-0.05, 0) is 24.6 Å². The van der Waals surface area contributed by atoms with Crippen molar-refractivity contribution in [2.45, 2.75) is 12.6 Å². The monoisotopic (exact) mass is 289 g/mol. The van der Waals surface area contributed by atoms with Gasteiger partial charge in [0.25, 0.3) is 0 Å². The van der Waals surface area contributed by atoms with Crippen molar-refractivity contribution in [3.8, 4) is 0 Å². The second-order valence-electron chi connectivity index (χ2n) is 4.24. The number of alkyl halides is 3. The number of halogens is 4. The molecule has 0 bridgehead atoms. The van der Waals surface area contributed by atoms with Gasteiger partial charge in [-0.25, -0.2) is 0 Å². The van der Waals surface area contributed by atoms with Crippen LogP contribution < -0.4 is 4.90 Å². The summed E-state index contributed by atoms with van der Waals surface area (Å²) in [6, 6.07) is 4.78. The summed E-state index contributed by atoms with van der Waals surface area (Å²) in [5.74, 6) is 0. The maximum Gasteiger partial charge on any atom is 0.412 e. The first-order valence-electron chi connectivity index (χ1n) is 5.67. The minimum absolute atomic E-state index is 0.0789. The number of hydrogen-bond acceptors (Lipinski definition) is 2. The summed E-state index contributed by atoms with van der Waals surface area (Å²) >= 11 is 5.78. The lowest BCUT2D eigenvalue weighted by atomic mass is 10.1. The topological polar surface area (TPSA) is 20.3 Å². The summed E-state index contributed by atoms with van der Waals surface area (Å²) in [5.41, 5.74) is 0.485. The van der Waals surface area contributed by atoms with E-state index in [9.17, 15) is 18.0 Å². The molecule has 0 fully saturated rings. The second-order valence-corrected chi connectivity index (χ2v) is 4.68. The maximum absolute atomic E-state index is 12.5. The fourth-order valence-electron chi connectivity index (χ4n) is 2.05. The van der Waals surface area contributed by atoms with E-state index in [1.54, 1.807) is 17.0 Å². The molecule has 1 aliphatic heterocycles. The van der Waals surface area contributed by atoms with Crippen LogP contribution in [0.1, 0.15) is 16.8 Å². The molecule has 19 heavy (non-hydrogen) atoms. The van der Waals surface area contributed by atoms with Crippen LogP contribution in [0.3, 0.4) is 0 Å². The Kier molecular flexibility index (Phi) is 3.85. The van der Waals surface area contributed by atoms with E-state index in [2.05, 4.69) is 0 Å². The zero-order valence-corrected chi connectivity index (χ0v) is 10.6. The molecule has 0 saturated carbocycles. The van der Waals surface area contributed by atoms with Crippen molar-refractivity contribution in [1.29, 1.82) is 0 Å². The number of anilines is 1. The van der Waals surface area contributed by atoms with Crippen molar-refractivity contribution >= 4 is 23.6 Å². The number of carbonyl (C=O) groups excluding carboxylic acids is 1. The Balaban J connectivity index is 2.23. The van der Waals surface area contributed by atoms with Crippen LogP contribution in [-0.4, -0.2) is 25.6 Å². The minimum Gasteiger partial charge on any atom is -0.367 e. The summed E-state index contributed by atoms with van der Waals surface area (Å²) < 4.78 is 37.5. The molecule has 0 radical (unpaired) electrons. The number of rotatable bonds is 2. The van der Waals surface area contributed by atoms with Crippen LogP contribution in [0.2, 0.25) is 5.02 Å². The third-order valence-corrected chi connectivity index (χ3v) is 3.27. The van der Waals surface area contributed by atoms with Gasteiger partial charge in [-0.2, -0.15) is 13.2 Å². The maximum atomic E-state index is 12.5. The van der Waals surface area contributed by atoms with Gasteiger partial charge < -0.3 is 4.90 Å². The van der Waals surface area contributed by atoms with Gasteiger partial charge in [0.15, 0.2) is 6.29 Å². The number of carbonyl (C=O) groups is 1. The second kappa shape index (κ2) is 5.25. The van der Waals surface area contributed by atoms with E-state index in [4.69, 9.17) is 11.6 Å². The predicted molar refractivity (Wildman–Crippen MR) is 67.8 cm³/mol. The van der Waals surface area contributed by atoms with Gasteiger partial charge in [-0.15, -0.1) is 0 Å². The average molecular weight is 290 g/mol. The van der Waals surface area contributed by atoms with Crippen molar-refractivity contribution < 1.29 is 18.0 Å². The third kappa shape index (κ3) is 3.10. The van der Waals surface area contributed by atoms with Crippen LogP contribution >= 0.6 is 11.6 Å². The molecule has 0 amide bonds. The minimum atomic E-state index is -4.26. The Labute approximate surface area is 113 Å². The number of hydrogen-bond donors (Lipinski definition) is 0. The van der Waals surface area contributed by atoms with Crippen molar-refractivity contribution in [3.05, 3.63) is 40.4 Å². The Hall–Kier alpha value is -1.49. The van der Waals surface area contributed by atoms with Gasteiger partial charge >= 0.3 is 6.18 Å². The molecule has 102 valence electrons. The smallest absolute Gasteiger partial charge is 0.367 e. The molecule has 2 rings (SSSR count). The van der Waals surface area contributed by atoms with Gasteiger partial charge in [-0.1, -0.05) is 17.7 Å². The van der Waals surface area contributed by atoms with Gasteiger partial charge in [0.2, 0.25) is 0 Å². The van der Waals surface area contributed by atoms with Crippen LogP contribution in [0.15, 0.2) is 29.8 Å². The van der Waals surface area contributed by atoms with Gasteiger partial charge in [0, 0.05) is 34.9 Å². The Morgan fingerprint density at radius 2 is 2.05 bits per heavy atom. The van der Waals surface area contributed by atoms with Crippen LogP contribution in [0.4, 0.5) is 18.9 Å². The van der Waals surface area contributed by atoms with E-state index in [-0.39, 0.29) is 19.5 Å². The molecule has 1 aromatic rings. The average Bonchev–Trinajstić information content (AvgIpc) is 2.37. The highest BCUT2D eigenvalue weighted by Gasteiger charge is 2.34. The lowest BCUT2D eigenvalue weighted by Crippen LogP contribution is -2.32. The molecule has 0 N–H and O–H groups in total. The molecular formula is C13H11ClF3NO. The van der Waals surface area contributed by atoms with Gasteiger partial charge in [0.1, 0.15) is 0 Å². The van der Waals surface area contributed by atoms with Crippen molar-refractivity contribution in [3.63, 3.8) is 0 Å². The van der Waals surface area contributed by atoms with Crippen molar-refractivity contribution in [1.82, 2.24) is 0 Å². The first-order valence-corrected chi connectivity index (χ1v) is 6.05. The highest BCUT2D eigenvalue weighted by atomic mass is 35.5. The van der Waals surface area contributed by atoms with Crippen LogP contribution in [0, 0.1) is 0 Å². The molecule has 0 spiro atoms. The highest BCUT2D eigenvalue weighted by molar-refractivity contribution is 6.31. The lowest BCUT2D eigenvalue weighted by molar-refractivity contribution is -0.0944. The molecule has 0 unspecified atom stereocenters. The standard InChI is InChI=1S/C13H11ClF3NO/c14-11-1-2-12(9(7-11)8-19)18-5-3-10(4-6-18)13(15,16)17/h1-3,7-8H,4-6H2. The van der Waals surface area contributed by atoms with E-state index in [1.807, 2.05) is 0 Å². The fourth-order valence-corrected chi connectivity index (χ4v) is 2.23. The van der Waals surface area contributed by atoms with E-state index in [1.165, 1.54) is 6.07 Å². The van der Waals surface area contributed by atoms with Crippen LogP contribution in [0.5, 0.6) is 0 Å². The summed E-state index contributed by atoms with van der Waals surface area (Å²) in [7, 11) is 0. The Bertz CT molecular complexity index is 525. The molecule has 2 nitrogen and oxygen atoms in total. The molecule has 0 saturated heterocycles. The van der Waals surface area contributed by atoms with Gasteiger partial charge in [0.05, 0.1) is 0 Å². The highest BCUT2D eigenvalue weighted by Crippen LogP contribution is 2.32. The van der Waals surface area contributed by atoms with Crippen molar-refractivity contribution in [2.24, 2.45) is 0 Å². The lowest BCUT2D eigenvalue weighted by Gasteiger charge is -2.30. The number of benzene rings is 1. The van der Waals surface area contributed by atoms with Crippen LogP contribution in [-0.2, 0) is 0 Å². The Morgan fingerprint density at radius 1 is 1.32 bits per heavy atom. The number of aldehydes is 1. The zero-order chi connectivity index (χ0) is 14.0. The van der Waals surface area contributed by atoms with Gasteiger partial charge in [-0.3, -0.25) is 4.79 Å². The van der Waals surface area contributed by atoms with E-state index in [0.717, 1.165) is 6.08 Å². The molecular weight excluding hydrogens is 279 g/mol. The molecule has 1 aliphatic rings. The normalized spacial score (nSPS) is 16.2. The summed E-state index contributed by atoms with van der Waals surface area (Å²) in [6.07, 6.45) is -2.53. The molecule has 1 aromatic carbocycles. The molecule has 0 aromatic heterocycles. The quantitative estimate of drug-likeness (QED) is 0.609. The van der Waals surface area contributed by atoms with Crippen LogP contribution in [0.25, 0.3) is 0 Å². The first kappa shape index (κ1) is 13.9. The summed E-state index contributed by atoms with van der Waals surface area (Å²) in [6.45, 7) is 0.366. The summed E-state index contributed by atoms with van der Waals surface area (Å²) in [5, 5.41) is 0.425. The van der Waals surface area contributed by atoms with Crippen molar-refractivity contribution in [2.75, 3.05) is 18.0 Å². The summed E-state index contributed by atoms with van der Waals surface area (Å²) in [4.78, 5) is 12.7. The molecule has 0 aliphatic carbocycles. The first-order chi connectivity index (χ1) is 8.91. The molecule has 0 atom stereocenters. The predicted octanol–water partition coefficient (Wildman–Crippen LogP) is 3.85. The molecule has 1 heterocycles. The number of nitrogens with zero attached hydrogens (tertiary/aromatic N) is 1. The largest absolute Gasteiger partial charge is 0.412 e. The third-order valence-electron chi connectivity index (χ3n) is 3.03. The SMILES string of the molecule is O=Cc1cc(Cl)ccc1N1CC=C(C(F)(F)F)CC1. The van der Waals surface area contributed by atoms with E-state index in [0.29, 0.717) is 22.6 Å². The van der Waals surface area contributed by atoms with E-state index < -0.39 is 11.7 Å². The molecule has 6 heteroatoms. The fraction of sp³-hybridized carbons (Fsp3) is 0.308. The van der Waals surface area contributed by atoms with E-state index >= 15 is 0 Å².